The number of nitro benzene ring substituents is 1. The Hall–Kier alpha value is -1.86. The van der Waals surface area contributed by atoms with Crippen LogP contribution < -0.4 is 4.74 Å². The molecule has 11 nitrogen and oxygen atoms in total. The highest BCUT2D eigenvalue weighted by Crippen LogP contribution is 2.17. The maximum Gasteiger partial charge on any atom is 0.269 e. The Balaban J connectivity index is 1.65. The first-order valence-corrected chi connectivity index (χ1v) is 17.7. The van der Waals surface area contributed by atoms with Crippen LogP contribution in [-0.4, -0.2) is 104 Å². The molecule has 0 saturated heterocycles. The molecule has 0 atom stereocenters. The lowest BCUT2D eigenvalue weighted by Gasteiger charge is -2.09. The van der Waals surface area contributed by atoms with Crippen LogP contribution in [0.3, 0.4) is 0 Å². The second kappa shape index (κ2) is 34.5. The predicted octanol–water partition coefficient (Wildman–Crippen LogP) is 7.18. The van der Waals surface area contributed by atoms with E-state index in [1.165, 1.54) is 89.2 Å². The summed E-state index contributed by atoms with van der Waals surface area (Å²) in [5.74, 6) is 0.565. The molecular formula is C35H63NO10. The van der Waals surface area contributed by atoms with Crippen molar-refractivity contribution in [1.82, 2.24) is 0 Å². The van der Waals surface area contributed by atoms with Crippen molar-refractivity contribution in [2.24, 2.45) is 0 Å². The number of nitrogens with zero attached hydrogens (tertiary/aromatic N) is 1. The third kappa shape index (κ3) is 29.5. The molecule has 1 aromatic rings. The molecular weight excluding hydrogens is 594 g/mol. The second-order valence-corrected chi connectivity index (χ2v) is 11.1. The van der Waals surface area contributed by atoms with Gasteiger partial charge in [0.1, 0.15) is 12.4 Å². The van der Waals surface area contributed by atoms with Crippen LogP contribution in [0.4, 0.5) is 5.69 Å². The van der Waals surface area contributed by atoms with Gasteiger partial charge in [0.05, 0.1) is 90.8 Å². The van der Waals surface area contributed by atoms with Crippen LogP contribution >= 0.6 is 0 Å². The third-order valence-corrected chi connectivity index (χ3v) is 7.17. The zero-order valence-electron chi connectivity index (χ0n) is 28.6. The lowest BCUT2D eigenvalue weighted by Crippen LogP contribution is -2.15. The fourth-order valence-corrected chi connectivity index (χ4v) is 4.53. The van der Waals surface area contributed by atoms with Crippen LogP contribution in [-0.2, 0) is 33.2 Å². The van der Waals surface area contributed by atoms with E-state index in [0.29, 0.717) is 98.2 Å². The van der Waals surface area contributed by atoms with Gasteiger partial charge in [0.2, 0.25) is 0 Å². The minimum absolute atomic E-state index is 0.0333. The van der Waals surface area contributed by atoms with Gasteiger partial charge in [-0.1, -0.05) is 84.0 Å². The largest absolute Gasteiger partial charge is 0.491 e. The number of ether oxygens (including phenoxy) is 8. The summed E-state index contributed by atoms with van der Waals surface area (Å²) >= 11 is 0. The van der Waals surface area contributed by atoms with Crippen molar-refractivity contribution in [2.75, 3.05) is 99.1 Å². The third-order valence-electron chi connectivity index (χ3n) is 7.17. The number of rotatable bonds is 37. The Bertz CT molecular complexity index is 768. The summed E-state index contributed by atoms with van der Waals surface area (Å²) in [4.78, 5) is 10.2. The molecule has 0 aliphatic rings. The highest BCUT2D eigenvalue weighted by Gasteiger charge is 2.04. The molecule has 0 aliphatic heterocycles. The maximum absolute atomic E-state index is 10.6. The molecule has 1 aromatic carbocycles. The van der Waals surface area contributed by atoms with Crippen LogP contribution in [0.15, 0.2) is 24.3 Å². The molecule has 0 saturated carbocycles. The van der Waals surface area contributed by atoms with E-state index in [1.54, 1.807) is 12.1 Å². The van der Waals surface area contributed by atoms with Gasteiger partial charge in [-0.3, -0.25) is 10.1 Å². The number of unbranched alkanes of at least 4 members (excludes halogenated alkanes) is 12. The van der Waals surface area contributed by atoms with Gasteiger partial charge in [-0.05, 0) is 18.6 Å². The lowest BCUT2D eigenvalue weighted by molar-refractivity contribution is -0.384. The standard InChI is InChI=1S/C35H63NO10/c1-2-3-4-5-6-7-8-9-10-11-12-13-14-19-39-20-21-40-22-23-41-24-25-42-26-27-43-28-29-44-30-31-45-32-33-46-35-17-15-34(16-18-35)36(37)38/h15-18H,2-14,19-33H2,1H3. The molecule has 0 bridgehead atoms. The molecule has 0 heterocycles. The van der Waals surface area contributed by atoms with E-state index >= 15 is 0 Å². The van der Waals surface area contributed by atoms with E-state index in [4.69, 9.17) is 37.9 Å². The van der Waals surface area contributed by atoms with Crippen molar-refractivity contribution in [2.45, 2.75) is 90.4 Å². The molecule has 46 heavy (non-hydrogen) atoms. The Labute approximate surface area is 278 Å². The number of benzene rings is 1. The van der Waals surface area contributed by atoms with Crippen LogP contribution in [0.2, 0.25) is 0 Å². The Morgan fingerprint density at radius 3 is 1.09 bits per heavy atom. The number of nitro groups is 1. The van der Waals surface area contributed by atoms with E-state index in [-0.39, 0.29) is 5.69 Å². The van der Waals surface area contributed by atoms with Crippen LogP contribution in [0.1, 0.15) is 90.4 Å². The van der Waals surface area contributed by atoms with Crippen molar-refractivity contribution in [3.8, 4) is 5.75 Å². The van der Waals surface area contributed by atoms with E-state index in [2.05, 4.69) is 6.92 Å². The molecule has 0 N–H and O–H groups in total. The monoisotopic (exact) mass is 657 g/mol. The van der Waals surface area contributed by atoms with Crippen molar-refractivity contribution in [3.05, 3.63) is 34.4 Å². The Kier molecular flexibility index (Phi) is 31.6. The molecule has 0 aromatic heterocycles. The summed E-state index contributed by atoms with van der Waals surface area (Å²) in [5.41, 5.74) is 0.0333. The summed E-state index contributed by atoms with van der Waals surface area (Å²) in [6.45, 7) is 10.2. The maximum atomic E-state index is 10.6. The van der Waals surface area contributed by atoms with E-state index < -0.39 is 4.92 Å². The van der Waals surface area contributed by atoms with Gasteiger partial charge in [-0.2, -0.15) is 0 Å². The van der Waals surface area contributed by atoms with E-state index in [1.807, 2.05) is 0 Å². The summed E-state index contributed by atoms with van der Waals surface area (Å²) in [6.07, 6.45) is 17.7. The quantitative estimate of drug-likeness (QED) is 0.0414. The average Bonchev–Trinajstić information content (AvgIpc) is 3.06. The molecule has 0 aliphatic carbocycles. The molecule has 0 fully saturated rings. The minimum atomic E-state index is -0.445. The fourth-order valence-electron chi connectivity index (χ4n) is 4.53. The van der Waals surface area contributed by atoms with E-state index in [9.17, 15) is 10.1 Å². The highest BCUT2D eigenvalue weighted by molar-refractivity contribution is 5.35. The van der Waals surface area contributed by atoms with Crippen molar-refractivity contribution >= 4 is 5.69 Å². The fraction of sp³-hybridized carbons (Fsp3) is 0.829. The lowest BCUT2D eigenvalue weighted by atomic mass is 10.0. The van der Waals surface area contributed by atoms with Crippen molar-refractivity contribution < 1.29 is 42.8 Å². The van der Waals surface area contributed by atoms with Gasteiger partial charge in [0, 0.05) is 18.7 Å². The van der Waals surface area contributed by atoms with Crippen molar-refractivity contribution in [3.63, 3.8) is 0 Å². The number of non-ortho nitro benzene ring substituents is 1. The summed E-state index contributed by atoms with van der Waals surface area (Å²) in [5, 5.41) is 10.6. The van der Waals surface area contributed by atoms with Gasteiger partial charge < -0.3 is 37.9 Å². The average molecular weight is 658 g/mol. The second-order valence-electron chi connectivity index (χ2n) is 11.1. The van der Waals surface area contributed by atoms with Gasteiger partial charge in [0.25, 0.3) is 5.69 Å². The first kappa shape index (κ1) is 42.2. The summed E-state index contributed by atoms with van der Waals surface area (Å²) in [7, 11) is 0. The molecule has 0 amide bonds. The number of hydrogen-bond acceptors (Lipinski definition) is 10. The smallest absolute Gasteiger partial charge is 0.269 e. The Morgan fingerprint density at radius 1 is 0.435 bits per heavy atom. The van der Waals surface area contributed by atoms with Crippen LogP contribution in [0, 0.1) is 10.1 Å². The van der Waals surface area contributed by atoms with Gasteiger partial charge >= 0.3 is 0 Å². The Morgan fingerprint density at radius 2 is 0.739 bits per heavy atom. The summed E-state index contributed by atoms with van der Waals surface area (Å²) in [6, 6.07) is 5.94. The van der Waals surface area contributed by atoms with Gasteiger partial charge in [-0.15, -0.1) is 0 Å². The molecule has 11 heteroatoms. The van der Waals surface area contributed by atoms with Crippen LogP contribution in [0.25, 0.3) is 0 Å². The van der Waals surface area contributed by atoms with E-state index in [0.717, 1.165) is 13.0 Å². The first-order valence-electron chi connectivity index (χ1n) is 17.7. The first-order chi connectivity index (χ1) is 22.7. The number of hydrogen-bond donors (Lipinski definition) is 0. The predicted molar refractivity (Wildman–Crippen MR) is 180 cm³/mol. The topological polar surface area (TPSA) is 117 Å². The molecule has 0 spiro atoms. The molecule has 268 valence electrons. The zero-order valence-corrected chi connectivity index (χ0v) is 28.6. The zero-order chi connectivity index (χ0) is 33.0. The van der Waals surface area contributed by atoms with Crippen LogP contribution in [0.5, 0.6) is 5.75 Å². The SMILES string of the molecule is CCCCCCCCCCCCCCCOCCOCCOCCOCCOCCOCCOCCOc1ccc([N+](=O)[O-])cc1. The highest BCUT2D eigenvalue weighted by atomic mass is 16.6. The molecule has 0 unspecified atom stereocenters. The van der Waals surface area contributed by atoms with Gasteiger partial charge in [0.15, 0.2) is 0 Å². The minimum Gasteiger partial charge on any atom is -0.491 e. The normalized spacial score (nSPS) is 11.3. The molecule has 1 rings (SSSR count). The molecule has 0 radical (unpaired) electrons. The van der Waals surface area contributed by atoms with Crippen molar-refractivity contribution in [1.29, 1.82) is 0 Å². The van der Waals surface area contributed by atoms with Gasteiger partial charge in [-0.25, -0.2) is 0 Å². The summed E-state index contributed by atoms with van der Waals surface area (Å²) < 4.78 is 44.1.